The lowest BCUT2D eigenvalue weighted by atomic mass is 9.98. The van der Waals surface area contributed by atoms with Crippen molar-refractivity contribution in [1.82, 2.24) is 10.2 Å². The summed E-state index contributed by atoms with van der Waals surface area (Å²) >= 11 is 0. The van der Waals surface area contributed by atoms with E-state index in [1.165, 1.54) is 0 Å². The van der Waals surface area contributed by atoms with Gasteiger partial charge in [-0.2, -0.15) is 5.10 Å². The number of aromatic nitrogens is 2. The van der Waals surface area contributed by atoms with Crippen LogP contribution in [-0.4, -0.2) is 22.4 Å². The molecule has 0 atom stereocenters. The Morgan fingerprint density at radius 2 is 1.86 bits per heavy atom. The van der Waals surface area contributed by atoms with Gasteiger partial charge in [-0.15, -0.1) is 0 Å². The second-order valence-corrected chi connectivity index (χ2v) is 4.82. The van der Waals surface area contributed by atoms with Crippen molar-refractivity contribution in [2.45, 2.75) is 6.92 Å². The number of aromatic amines is 1. The fourth-order valence-electron chi connectivity index (χ4n) is 2.41. The van der Waals surface area contributed by atoms with Gasteiger partial charge in [-0.25, -0.2) is 0 Å². The van der Waals surface area contributed by atoms with Crippen LogP contribution >= 0.6 is 0 Å². The molecule has 0 aliphatic carbocycles. The van der Waals surface area contributed by atoms with Gasteiger partial charge in [0.2, 0.25) is 0 Å². The van der Waals surface area contributed by atoms with Crippen molar-refractivity contribution in [2.24, 2.45) is 0 Å². The number of rotatable bonds is 3. The molecule has 0 unspecified atom stereocenters. The highest BCUT2D eigenvalue weighted by atomic mass is 16.5. The minimum absolute atomic E-state index is 0.206. The number of methoxy groups -OCH3 is 1. The largest absolute Gasteiger partial charge is 0.507 e. The summed E-state index contributed by atoms with van der Waals surface area (Å²) in [5, 5.41) is 17.6. The lowest BCUT2D eigenvalue weighted by molar-refractivity contribution is 0.412. The van der Waals surface area contributed by atoms with Crippen molar-refractivity contribution in [3.05, 3.63) is 54.2 Å². The summed E-state index contributed by atoms with van der Waals surface area (Å²) in [6, 6.07) is 15.1. The van der Waals surface area contributed by atoms with E-state index in [1.807, 2.05) is 43.3 Å². The summed E-state index contributed by atoms with van der Waals surface area (Å²) in [7, 11) is 1.61. The second-order valence-electron chi connectivity index (χ2n) is 4.82. The molecule has 0 radical (unpaired) electrons. The van der Waals surface area contributed by atoms with Crippen molar-refractivity contribution in [2.75, 3.05) is 7.11 Å². The van der Waals surface area contributed by atoms with Crippen LogP contribution in [0.1, 0.15) is 5.69 Å². The number of H-pyrrole nitrogens is 1. The third kappa shape index (κ3) is 2.36. The maximum atomic E-state index is 10.2. The number of aryl methyl sites for hydroxylation is 1. The Hall–Kier alpha value is -2.75. The molecular weight excluding hydrogens is 264 g/mol. The molecule has 0 fully saturated rings. The zero-order valence-electron chi connectivity index (χ0n) is 11.9. The SMILES string of the molecule is COc1ccc(O)c(-c2c(-c3ccccc3)n[nH]c2C)c1. The number of phenolic OH excluding ortho intramolecular Hbond substituents is 1. The number of hydrogen-bond acceptors (Lipinski definition) is 3. The lowest BCUT2D eigenvalue weighted by Crippen LogP contribution is -1.88. The van der Waals surface area contributed by atoms with Gasteiger partial charge >= 0.3 is 0 Å². The molecule has 0 aliphatic heterocycles. The van der Waals surface area contributed by atoms with E-state index >= 15 is 0 Å². The monoisotopic (exact) mass is 280 g/mol. The van der Waals surface area contributed by atoms with Gasteiger partial charge in [0.15, 0.2) is 0 Å². The van der Waals surface area contributed by atoms with Gasteiger partial charge < -0.3 is 9.84 Å². The number of nitrogens with zero attached hydrogens (tertiary/aromatic N) is 1. The molecule has 106 valence electrons. The summed E-state index contributed by atoms with van der Waals surface area (Å²) in [6.07, 6.45) is 0. The Balaban J connectivity index is 2.22. The Morgan fingerprint density at radius 3 is 2.57 bits per heavy atom. The van der Waals surface area contributed by atoms with E-state index in [0.717, 1.165) is 22.5 Å². The minimum atomic E-state index is 0.206. The maximum Gasteiger partial charge on any atom is 0.123 e. The van der Waals surface area contributed by atoms with Crippen LogP contribution in [0.25, 0.3) is 22.4 Å². The smallest absolute Gasteiger partial charge is 0.123 e. The molecular formula is C17H16N2O2. The molecule has 0 aliphatic rings. The van der Waals surface area contributed by atoms with Crippen LogP contribution in [0.4, 0.5) is 0 Å². The molecule has 2 aromatic carbocycles. The number of hydrogen-bond donors (Lipinski definition) is 2. The van der Waals surface area contributed by atoms with Crippen LogP contribution in [-0.2, 0) is 0 Å². The van der Waals surface area contributed by atoms with Crippen LogP contribution < -0.4 is 4.74 Å². The lowest BCUT2D eigenvalue weighted by Gasteiger charge is -2.09. The number of aromatic hydroxyl groups is 1. The number of nitrogens with one attached hydrogen (secondary N) is 1. The van der Waals surface area contributed by atoms with E-state index in [1.54, 1.807) is 19.2 Å². The molecule has 3 aromatic rings. The molecule has 0 bridgehead atoms. The third-order valence-electron chi connectivity index (χ3n) is 3.47. The molecule has 2 N–H and O–H groups in total. The zero-order valence-corrected chi connectivity index (χ0v) is 11.9. The standard InChI is InChI=1S/C17H16N2O2/c1-11-16(14-10-13(21-2)8-9-15(14)20)17(19-18-11)12-6-4-3-5-7-12/h3-10,20H,1-2H3,(H,18,19). The molecule has 1 heterocycles. The Bertz CT molecular complexity index is 764. The van der Waals surface area contributed by atoms with E-state index < -0.39 is 0 Å². The zero-order chi connectivity index (χ0) is 14.8. The Kier molecular flexibility index (Phi) is 3.36. The van der Waals surface area contributed by atoms with Crippen molar-refractivity contribution in [3.8, 4) is 33.9 Å². The summed E-state index contributed by atoms with van der Waals surface area (Å²) in [6.45, 7) is 1.94. The molecule has 0 saturated carbocycles. The number of benzene rings is 2. The van der Waals surface area contributed by atoms with E-state index in [-0.39, 0.29) is 5.75 Å². The van der Waals surface area contributed by atoms with E-state index in [9.17, 15) is 5.11 Å². The first-order valence-electron chi connectivity index (χ1n) is 6.68. The van der Waals surface area contributed by atoms with Crippen LogP contribution in [0.5, 0.6) is 11.5 Å². The van der Waals surface area contributed by atoms with Crippen LogP contribution in [0, 0.1) is 6.92 Å². The highest BCUT2D eigenvalue weighted by Crippen LogP contribution is 2.39. The quantitative estimate of drug-likeness (QED) is 0.768. The van der Waals surface area contributed by atoms with Crippen LogP contribution in [0.3, 0.4) is 0 Å². The molecule has 1 aromatic heterocycles. The molecule has 21 heavy (non-hydrogen) atoms. The fourth-order valence-corrected chi connectivity index (χ4v) is 2.41. The highest BCUT2D eigenvalue weighted by Gasteiger charge is 2.17. The van der Waals surface area contributed by atoms with Gasteiger partial charge in [0, 0.05) is 22.4 Å². The Labute approximate surface area is 123 Å². The molecule has 0 saturated heterocycles. The first-order valence-corrected chi connectivity index (χ1v) is 6.68. The van der Waals surface area contributed by atoms with Crippen molar-refractivity contribution < 1.29 is 9.84 Å². The first-order chi connectivity index (χ1) is 10.2. The van der Waals surface area contributed by atoms with E-state index in [0.29, 0.717) is 11.3 Å². The molecule has 4 heteroatoms. The first kappa shape index (κ1) is 13.2. The summed E-state index contributed by atoms with van der Waals surface area (Å²) in [5.74, 6) is 0.903. The highest BCUT2D eigenvalue weighted by molar-refractivity contribution is 5.85. The topological polar surface area (TPSA) is 58.1 Å². The van der Waals surface area contributed by atoms with Crippen molar-refractivity contribution in [1.29, 1.82) is 0 Å². The molecule has 4 nitrogen and oxygen atoms in total. The van der Waals surface area contributed by atoms with Gasteiger partial charge in [0.1, 0.15) is 17.2 Å². The number of phenols is 1. The maximum absolute atomic E-state index is 10.2. The predicted octanol–water partition coefficient (Wildman–Crippen LogP) is 3.77. The van der Waals surface area contributed by atoms with E-state index in [4.69, 9.17) is 4.74 Å². The average Bonchev–Trinajstić information content (AvgIpc) is 2.90. The molecule has 0 spiro atoms. The summed E-state index contributed by atoms with van der Waals surface area (Å²) < 4.78 is 5.25. The van der Waals surface area contributed by atoms with Gasteiger partial charge in [-0.3, -0.25) is 5.10 Å². The predicted molar refractivity (Wildman–Crippen MR) is 82.4 cm³/mol. The minimum Gasteiger partial charge on any atom is -0.507 e. The second kappa shape index (κ2) is 5.32. The van der Waals surface area contributed by atoms with Crippen molar-refractivity contribution in [3.63, 3.8) is 0 Å². The van der Waals surface area contributed by atoms with Gasteiger partial charge in [0.25, 0.3) is 0 Å². The third-order valence-corrected chi connectivity index (χ3v) is 3.47. The van der Waals surface area contributed by atoms with Crippen LogP contribution in [0.2, 0.25) is 0 Å². The normalized spacial score (nSPS) is 10.6. The fraction of sp³-hybridized carbons (Fsp3) is 0.118. The summed E-state index contributed by atoms with van der Waals surface area (Å²) in [4.78, 5) is 0. The van der Waals surface area contributed by atoms with Gasteiger partial charge in [-0.1, -0.05) is 30.3 Å². The van der Waals surface area contributed by atoms with Crippen molar-refractivity contribution >= 4 is 0 Å². The Morgan fingerprint density at radius 1 is 1.10 bits per heavy atom. The van der Waals surface area contributed by atoms with Gasteiger partial charge in [0.05, 0.1) is 7.11 Å². The average molecular weight is 280 g/mol. The van der Waals surface area contributed by atoms with E-state index in [2.05, 4.69) is 10.2 Å². The van der Waals surface area contributed by atoms with Gasteiger partial charge in [-0.05, 0) is 25.1 Å². The molecule has 0 amide bonds. The summed E-state index contributed by atoms with van der Waals surface area (Å²) in [5.41, 5.74) is 4.31. The van der Waals surface area contributed by atoms with Crippen LogP contribution in [0.15, 0.2) is 48.5 Å². The molecule has 3 rings (SSSR count). The number of ether oxygens (including phenoxy) is 1.